The van der Waals surface area contributed by atoms with E-state index in [4.69, 9.17) is 17.3 Å². The number of nitrogens with zero attached hydrogens (tertiary/aromatic N) is 5. The van der Waals surface area contributed by atoms with Crippen LogP contribution in [0, 0.1) is 18.3 Å². The first kappa shape index (κ1) is 25.9. The lowest BCUT2D eigenvalue weighted by Gasteiger charge is -2.36. The molecule has 0 bridgehead atoms. The van der Waals surface area contributed by atoms with Gasteiger partial charge in [-0.05, 0) is 32.0 Å². The molecule has 0 radical (unpaired) electrons. The largest absolute Gasteiger partial charge is 0.481 e. The number of thiocarbonyl (C=S) groups is 1. The SMILES string of the molecule is CCCCn1c(N2CCN(C)CC2)c(/C=C2\SC(=S)N(CCC(=O)O)C2=O)c(C)c(C#N)c1=O. The number of likely N-dealkylation sites (N-methyl/N-ethyl adjacent to an activating group) is 1. The zero-order valence-corrected chi connectivity index (χ0v) is 21.3. The van der Waals surface area contributed by atoms with Gasteiger partial charge >= 0.3 is 5.97 Å². The van der Waals surface area contributed by atoms with Gasteiger partial charge in [-0.1, -0.05) is 37.3 Å². The molecule has 0 aromatic carbocycles. The van der Waals surface area contributed by atoms with E-state index >= 15 is 0 Å². The van der Waals surface area contributed by atoms with Gasteiger partial charge in [0.2, 0.25) is 0 Å². The van der Waals surface area contributed by atoms with E-state index in [1.54, 1.807) is 17.6 Å². The number of aromatic nitrogens is 1. The average Bonchev–Trinajstić information content (AvgIpc) is 3.06. The number of nitriles is 1. The Morgan fingerprint density at radius 1 is 1.24 bits per heavy atom. The molecule has 0 aliphatic carbocycles. The minimum atomic E-state index is -1.01. The van der Waals surface area contributed by atoms with Crippen LogP contribution in [-0.4, -0.2) is 75.4 Å². The monoisotopic (exact) mass is 503 g/mol. The zero-order chi connectivity index (χ0) is 25.0. The Balaban J connectivity index is 2.16. The van der Waals surface area contributed by atoms with Gasteiger partial charge in [0.1, 0.15) is 21.8 Å². The maximum Gasteiger partial charge on any atom is 0.305 e. The highest BCUT2D eigenvalue weighted by atomic mass is 32.2. The van der Waals surface area contributed by atoms with Crippen LogP contribution in [0.15, 0.2) is 9.70 Å². The van der Waals surface area contributed by atoms with E-state index in [0.717, 1.165) is 43.5 Å². The van der Waals surface area contributed by atoms with Gasteiger partial charge in [-0.15, -0.1) is 0 Å². The maximum absolute atomic E-state index is 13.3. The van der Waals surface area contributed by atoms with Crippen molar-refractivity contribution in [2.24, 2.45) is 0 Å². The third-order valence-electron chi connectivity index (χ3n) is 6.08. The van der Waals surface area contributed by atoms with Crippen LogP contribution in [0.3, 0.4) is 0 Å². The number of thioether (sulfide) groups is 1. The molecule has 9 nitrogen and oxygen atoms in total. The summed E-state index contributed by atoms with van der Waals surface area (Å²) < 4.78 is 1.98. The maximum atomic E-state index is 13.3. The number of amides is 1. The lowest BCUT2D eigenvalue weighted by atomic mass is 10.0. The Labute approximate surface area is 208 Å². The van der Waals surface area contributed by atoms with Gasteiger partial charge in [-0.3, -0.25) is 23.9 Å². The second-order valence-corrected chi connectivity index (χ2v) is 10.1. The van der Waals surface area contributed by atoms with E-state index in [2.05, 4.69) is 22.9 Å². The van der Waals surface area contributed by atoms with E-state index < -0.39 is 5.97 Å². The lowest BCUT2D eigenvalue weighted by Crippen LogP contribution is -2.47. The summed E-state index contributed by atoms with van der Waals surface area (Å²) in [6.07, 6.45) is 3.19. The number of aliphatic carboxylic acids is 1. The summed E-state index contributed by atoms with van der Waals surface area (Å²) >= 11 is 6.44. The Morgan fingerprint density at radius 3 is 2.50 bits per heavy atom. The molecule has 34 heavy (non-hydrogen) atoms. The predicted molar refractivity (Wildman–Crippen MR) is 137 cm³/mol. The standard InChI is InChI=1S/C23H29N5O4S2/c1-4-5-7-27-20(26-11-9-25(3)10-12-26)16(15(2)17(14-24)21(27)31)13-18-22(32)28(23(33)34-18)8-6-19(29)30/h13H,4-12H2,1-3H3,(H,29,30)/b18-13-. The molecule has 2 fully saturated rings. The molecule has 0 unspecified atom stereocenters. The minimum absolute atomic E-state index is 0.00107. The summed E-state index contributed by atoms with van der Waals surface area (Å²) in [5, 5.41) is 18.8. The summed E-state index contributed by atoms with van der Waals surface area (Å²) in [5.41, 5.74) is 0.954. The summed E-state index contributed by atoms with van der Waals surface area (Å²) in [7, 11) is 2.05. The molecule has 1 aromatic rings. The third kappa shape index (κ3) is 5.35. The van der Waals surface area contributed by atoms with E-state index in [-0.39, 0.29) is 30.0 Å². The van der Waals surface area contributed by atoms with Crippen molar-refractivity contribution >= 4 is 52.1 Å². The Morgan fingerprint density at radius 2 is 1.91 bits per heavy atom. The number of pyridine rings is 1. The summed E-state index contributed by atoms with van der Waals surface area (Å²) in [5.74, 6) is -0.642. The van der Waals surface area contributed by atoms with Crippen molar-refractivity contribution in [1.82, 2.24) is 14.4 Å². The molecule has 1 aromatic heterocycles. The highest BCUT2D eigenvalue weighted by Gasteiger charge is 2.33. The molecule has 182 valence electrons. The van der Waals surface area contributed by atoms with E-state index in [0.29, 0.717) is 40.0 Å². The van der Waals surface area contributed by atoms with Crippen LogP contribution >= 0.6 is 24.0 Å². The van der Waals surface area contributed by atoms with Gasteiger partial charge in [0, 0.05) is 44.8 Å². The van der Waals surface area contributed by atoms with Crippen molar-refractivity contribution < 1.29 is 14.7 Å². The first-order chi connectivity index (χ1) is 16.2. The van der Waals surface area contributed by atoms with Crippen LogP contribution in [-0.2, 0) is 16.1 Å². The first-order valence-electron chi connectivity index (χ1n) is 11.3. The highest BCUT2D eigenvalue weighted by molar-refractivity contribution is 8.26. The van der Waals surface area contributed by atoms with Crippen LogP contribution in [0.5, 0.6) is 0 Å². The number of piperazine rings is 1. The van der Waals surface area contributed by atoms with Gasteiger partial charge in [-0.2, -0.15) is 5.26 Å². The molecule has 0 saturated carbocycles. The van der Waals surface area contributed by atoms with Gasteiger partial charge in [0.05, 0.1) is 11.3 Å². The first-order valence-corrected chi connectivity index (χ1v) is 12.5. The number of anilines is 1. The number of carbonyl (C=O) groups is 2. The van der Waals surface area contributed by atoms with Crippen molar-refractivity contribution in [2.45, 2.75) is 39.7 Å². The molecular formula is C23H29N5O4S2. The number of carbonyl (C=O) groups excluding carboxylic acids is 1. The van der Waals surface area contributed by atoms with E-state index in [1.807, 2.05) is 6.92 Å². The summed E-state index contributed by atoms with van der Waals surface area (Å²) in [6, 6.07) is 2.06. The fourth-order valence-corrected chi connectivity index (χ4v) is 5.35. The molecule has 1 N–H and O–H groups in total. The molecular weight excluding hydrogens is 474 g/mol. The van der Waals surface area contributed by atoms with Crippen molar-refractivity contribution in [3.63, 3.8) is 0 Å². The Bertz CT molecular complexity index is 1130. The van der Waals surface area contributed by atoms with E-state index in [9.17, 15) is 19.6 Å². The molecule has 3 rings (SSSR count). The van der Waals surface area contributed by atoms with Crippen LogP contribution in [0.4, 0.5) is 5.82 Å². The van der Waals surface area contributed by atoms with Gasteiger partial charge < -0.3 is 14.9 Å². The van der Waals surface area contributed by atoms with Crippen molar-refractivity contribution in [3.05, 3.63) is 31.9 Å². The third-order valence-corrected chi connectivity index (χ3v) is 7.46. The van der Waals surface area contributed by atoms with Crippen LogP contribution in [0.2, 0.25) is 0 Å². The summed E-state index contributed by atoms with van der Waals surface area (Å²) in [4.78, 5) is 43.4. The number of hydrogen-bond donors (Lipinski definition) is 1. The van der Waals surface area contributed by atoms with Gasteiger partial charge in [-0.25, -0.2) is 0 Å². The van der Waals surface area contributed by atoms with Crippen molar-refractivity contribution in [3.8, 4) is 6.07 Å². The summed E-state index contributed by atoms with van der Waals surface area (Å²) in [6.45, 7) is 7.36. The molecule has 0 atom stereocenters. The predicted octanol–water partition coefficient (Wildman–Crippen LogP) is 2.26. The second kappa shape index (κ2) is 11.2. The quantitative estimate of drug-likeness (QED) is 0.422. The Kier molecular flexibility index (Phi) is 8.52. The number of carboxylic acid groups (broad SMARTS) is 1. The van der Waals surface area contributed by atoms with Crippen molar-refractivity contribution in [2.75, 3.05) is 44.7 Å². The molecule has 2 saturated heterocycles. The number of hydrogen-bond acceptors (Lipinski definition) is 8. The fraction of sp³-hybridized carbons (Fsp3) is 0.522. The number of rotatable bonds is 8. The molecule has 1 amide bonds. The van der Waals surface area contributed by atoms with Crippen LogP contribution in [0.1, 0.15) is 42.9 Å². The lowest BCUT2D eigenvalue weighted by molar-refractivity contribution is -0.137. The van der Waals surface area contributed by atoms with Gasteiger partial charge in [0.25, 0.3) is 11.5 Å². The highest BCUT2D eigenvalue weighted by Crippen LogP contribution is 2.36. The minimum Gasteiger partial charge on any atom is -0.481 e. The average molecular weight is 504 g/mol. The van der Waals surface area contributed by atoms with E-state index in [1.165, 1.54) is 4.90 Å². The molecule has 2 aliphatic heterocycles. The van der Waals surface area contributed by atoms with Crippen LogP contribution in [0.25, 0.3) is 6.08 Å². The zero-order valence-electron chi connectivity index (χ0n) is 19.7. The fourth-order valence-electron chi connectivity index (χ4n) is 4.06. The number of carboxylic acids is 1. The van der Waals surface area contributed by atoms with Crippen molar-refractivity contribution in [1.29, 1.82) is 5.26 Å². The Hall–Kier alpha value is -2.68. The van der Waals surface area contributed by atoms with Crippen LogP contribution < -0.4 is 10.5 Å². The molecule has 11 heteroatoms. The van der Waals surface area contributed by atoms with Gasteiger partial charge in [0.15, 0.2) is 0 Å². The molecule has 3 heterocycles. The smallest absolute Gasteiger partial charge is 0.305 e. The second-order valence-electron chi connectivity index (χ2n) is 8.43. The molecule has 0 spiro atoms. The topological polar surface area (TPSA) is 110 Å². The normalized spacial score (nSPS) is 18.1. The number of unbranched alkanes of at least 4 members (excludes halogenated alkanes) is 1. The molecule has 2 aliphatic rings.